The van der Waals surface area contributed by atoms with Crippen LogP contribution in [0.5, 0.6) is 0 Å². The molecule has 0 saturated carbocycles. The largest absolute Gasteiger partial charge is 0.489 e. The summed E-state index contributed by atoms with van der Waals surface area (Å²) in [4.78, 5) is 12.3. The summed E-state index contributed by atoms with van der Waals surface area (Å²) in [6, 6.07) is 12.2. The number of hydrogen-bond acceptors (Lipinski definition) is 3. The van der Waals surface area contributed by atoms with E-state index in [1.165, 1.54) is 6.07 Å². The van der Waals surface area contributed by atoms with Crippen LogP contribution in [0.2, 0.25) is 0 Å². The number of carbonyl (C=O) groups is 1. The second-order valence-electron chi connectivity index (χ2n) is 4.68. The lowest BCUT2D eigenvalue weighted by molar-refractivity contribution is 0.102. The highest BCUT2D eigenvalue weighted by Crippen LogP contribution is 2.20. The Bertz CT molecular complexity index is 621. The van der Waals surface area contributed by atoms with Crippen molar-refractivity contribution in [2.75, 3.05) is 5.32 Å². The summed E-state index contributed by atoms with van der Waals surface area (Å²) in [6.07, 6.45) is 0. The van der Waals surface area contributed by atoms with Gasteiger partial charge < -0.3 is 15.4 Å². The Morgan fingerprint density at radius 3 is 2.20 bits per heavy atom. The molecule has 0 bridgehead atoms. The summed E-state index contributed by atoms with van der Waals surface area (Å²) in [5, 5.41) is 21.4. The fraction of sp³-hybridized carbons (Fsp3) is 0.133. The molecule has 0 aromatic heterocycles. The smallest absolute Gasteiger partial charge is 0.423 e. The Morgan fingerprint density at radius 2 is 1.60 bits per heavy atom. The molecule has 0 saturated heterocycles. The molecule has 5 heteroatoms. The molecule has 20 heavy (non-hydrogen) atoms. The van der Waals surface area contributed by atoms with Gasteiger partial charge in [-0.05, 0) is 36.5 Å². The van der Waals surface area contributed by atoms with Crippen molar-refractivity contribution in [2.24, 2.45) is 0 Å². The quantitative estimate of drug-likeness (QED) is 0.734. The maximum absolute atomic E-state index is 12.3. The molecule has 0 aliphatic carbocycles. The molecule has 1 amide bonds. The van der Waals surface area contributed by atoms with Crippen molar-refractivity contribution in [3.63, 3.8) is 0 Å². The first-order valence-corrected chi connectivity index (χ1v) is 6.33. The Labute approximate surface area is 118 Å². The third kappa shape index (κ3) is 2.90. The number of nitrogens with one attached hydrogen (secondary N) is 1. The third-order valence-electron chi connectivity index (χ3n) is 3.20. The summed E-state index contributed by atoms with van der Waals surface area (Å²) in [5.41, 5.74) is 3.11. The second kappa shape index (κ2) is 5.90. The van der Waals surface area contributed by atoms with Crippen LogP contribution in [0.3, 0.4) is 0 Å². The van der Waals surface area contributed by atoms with E-state index in [4.69, 9.17) is 0 Å². The predicted molar refractivity (Wildman–Crippen MR) is 80.1 cm³/mol. The summed E-state index contributed by atoms with van der Waals surface area (Å²) < 4.78 is 0. The fourth-order valence-electron chi connectivity index (χ4n) is 2.12. The van der Waals surface area contributed by atoms with E-state index in [9.17, 15) is 14.8 Å². The minimum absolute atomic E-state index is 0.191. The zero-order valence-corrected chi connectivity index (χ0v) is 11.4. The normalized spacial score (nSPS) is 10.2. The molecule has 0 atom stereocenters. The van der Waals surface area contributed by atoms with E-state index in [1.54, 1.807) is 18.2 Å². The first-order chi connectivity index (χ1) is 9.50. The number of hydrogen-bond donors (Lipinski definition) is 3. The Hall–Kier alpha value is -2.11. The number of aryl methyl sites for hydroxylation is 2. The zero-order valence-electron chi connectivity index (χ0n) is 11.4. The molecule has 0 unspecified atom stereocenters. The van der Waals surface area contributed by atoms with Gasteiger partial charge >= 0.3 is 7.12 Å². The Kier molecular flexibility index (Phi) is 4.22. The molecular formula is C15H16BNO3. The van der Waals surface area contributed by atoms with Gasteiger partial charge in [0.25, 0.3) is 5.91 Å². The average Bonchev–Trinajstić information content (AvgIpc) is 2.43. The van der Waals surface area contributed by atoms with Crippen molar-refractivity contribution >= 4 is 24.2 Å². The van der Waals surface area contributed by atoms with Crippen molar-refractivity contribution in [3.8, 4) is 0 Å². The molecular weight excluding hydrogens is 253 g/mol. The Balaban J connectivity index is 2.34. The number of anilines is 1. The van der Waals surface area contributed by atoms with Crippen LogP contribution >= 0.6 is 0 Å². The molecule has 4 nitrogen and oxygen atoms in total. The van der Waals surface area contributed by atoms with Gasteiger partial charge in [-0.25, -0.2) is 0 Å². The third-order valence-corrected chi connectivity index (χ3v) is 3.20. The molecule has 0 aliphatic rings. The number of para-hydroxylation sites is 1. The van der Waals surface area contributed by atoms with E-state index in [-0.39, 0.29) is 16.9 Å². The number of rotatable bonds is 3. The van der Waals surface area contributed by atoms with Crippen molar-refractivity contribution in [2.45, 2.75) is 13.8 Å². The summed E-state index contributed by atoms with van der Waals surface area (Å²) in [5.74, 6) is -0.355. The van der Waals surface area contributed by atoms with Crippen LogP contribution < -0.4 is 10.8 Å². The van der Waals surface area contributed by atoms with Gasteiger partial charge in [-0.3, -0.25) is 4.79 Å². The van der Waals surface area contributed by atoms with E-state index >= 15 is 0 Å². The molecule has 0 heterocycles. The molecule has 102 valence electrons. The Morgan fingerprint density at radius 1 is 1.00 bits per heavy atom. The molecule has 0 fully saturated rings. The van der Waals surface area contributed by atoms with Gasteiger partial charge in [-0.1, -0.05) is 36.4 Å². The lowest BCUT2D eigenvalue weighted by Crippen LogP contribution is -2.36. The zero-order chi connectivity index (χ0) is 14.7. The van der Waals surface area contributed by atoms with E-state index in [0.717, 1.165) is 16.8 Å². The van der Waals surface area contributed by atoms with Crippen molar-refractivity contribution in [1.82, 2.24) is 0 Å². The maximum atomic E-state index is 12.3. The number of carbonyl (C=O) groups excluding carboxylic acids is 1. The first-order valence-electron chi connectivity index (χ1n) is 6.33. The minimum atomic E-state index is -1.67. The second-order valence-corrected chi connectivity index (χ2v) is 4.68. The average molecular weight is 269 g/mol. The van der Waals surface area contributed by atoms with Gasteiger partial charge in [0.2, 0.25) is 0 Å². The lowest BCUT2D eigenvalue weighted by atomic mass is 9.77. The van der Waals surface area contributed by atoms with Crippen LogP contribution in [-0.4, -0.2) is 23.1 Å². The molecule has 0 spiro atoms. The minimum Gasteiger partial charge on any atom is -0.423 e. The molecule has 2 aromatic rings. The van der Waals surface area contributed by atoms with Crippen molar-refractivity contribution in [1.29, 1.82) is 0 Å². The van der Waals surface area contributed by atoms with Crippen molar-refractivity contribution in [3.05, 3.63) is 59.2 Å². The highest BCUT2D eigenvalue weighted by Gasteiger charge is 2.20. The van der Waals surface area contributed by atoms with Gasteiger partial charge in [-0.15, -0.1) is 0 Å². The molecule has 0 radical (unpaired) electrons. The van der Waals surface area contributed by atoms with Gasteiger partial charge in [0.1, 0.15) is 0 Å². The van der Waals surface area contributed by atoms with Gasteiger partial charge in [0.05, 0.1) is 0 Å². The summed E-state index contributed by atoms with van der Waals surface area (Å²) in [7, 11) is -1.67. The van der Waals surface area contributed by atoms with Gasteiger partial charge in [0.15, 0.2) is 0 Å². The summed E-state index contributed by atoms with van der Waals surface area (Å²) >= 11 is 0. The van der Waals surface area contributed by atoms with Crippen LogP contribution in [-0.2, 0) is 0 Å². The number of benzene rings is 2. The maximum Gasteiger partial charge on any atom is 0.489 e. The summed E-state index contributed by atoms with van der Waals surface area (Å²) in [6.45, 7) is 3.82. The standard InChI is InChI=1S/C15H16BNO3/c1-10-6-5-7-11(2)14(10)17-15(18)12-8-3-4-9-13(12)16(19)20/h3-9,19-20H,1-2H3,(H,17,18). The molecule has 2 aromatic carbocycles. The van der Waals surface area contributed by atoms with E-state index in [1.807, 2.05) is 32.0 Å². The molecule has 0 aliphatic heterocycles. The molecule has 3 N–H and O–H groups in total. The van der Waals surface area contributed by atoms with Crippen LogP contribution in [0.4, 0.5) is 5.69 Å². The van der Waals surface area contributed by atoms with Crippen LogP contribution in [0.25, 0.3) is 0 Å². The number of amides is 1. The van der Waals surface area contributed by atoms with Crippen LogP contribution in [0.1, 0.15) is 21.5 Å². The lowest BCUT2D eigenvalue weighted by Gasteiger charge is -2.13. The van der Waals surface area contributed by atoms with E-state index in [2.05, 4.69) is 5.32 Å². The predicted octanol–water partition coefficient (Wildman–Crippen LogP) is 1.24. The van der Waals surface area contributed by atoms with E-state index < -0.39 is 7.12 Å². The monoisotopic (exact) mass is 269 g/mol. The van der Waals surface area contributed by atoms with Crippen molar-refractivity contribution < 1.29 is 14.8 Å². The van der Waals surface area contributed by atoms with Gasteiger partial charge in [0, 0.05) is 11.3 Å². The highest BCUT2D eigenvalue weighted by molar-refractivity contribution is 6.60. The highest BCUT2D eigenvalue weighted by atomic mass is 16.4. The molecule has 2 rings (SSSR count). The van der Waals surface area contributed by atoms with Crippen LogP contribution in [0, 0.1) is 13.8 Å². The van der Waals surface area contributed by atoms with Gasteiger partial charge in [-0.2, -0.15) is 0 Å². The SMILES string of the molecule is Cc1cccc(C)c1NC(=O)c1ccccc1B(O)O. The fourth-order valence-corrected chi connectivity index (χ4v) is 2.12. The van der Waals surface area contributed by atoms with Crippen LogP contribution in [0.15, 0.2) is 42.5 Å². The topological polar surface area (TPSA) is 69.6 Å². The first kappa shape index (κ1) is 14.3. The van der Waals surface area contributed by atoms with E-state index in [0.29, 0.717) is 0 Å².